The number of hydrogen-bond donors (Lipinski definition) is 2. The Morgan fingerprint density at radius 1 is 1.10 bits per heavy atom. The molecule has 0 spiro atoms. The lowest BCUT2D eigenvalue weighted by Gasteiger charge is -2.37. The maximum Gasteiger partial charge on any atom is 0.0659 e. The monoisotopic (exact) mass is 150 g/mol. The van der Waals surface area contributed by atoms with Crippen molar-refractivity contribution in [3.05, 3.63) is 0 Å². The standard InChI is InChI=1S/C7H18N2.FH/c1-5-6(2,3)7(4,8)9;/h5,8-9H2,1-4H3;1H. The maximum absolute atomic E-state index is 5.70. The maximum atomic E-state index is 5.70. The summed E-state index contributed by atoms with van der Waals surface area (Å²) in [7, 11) is 0. The van der Waals surface area contributed by atoms with E-state index in [1.54, 1.807) is 0 Å². The van der Waals surface area contributed by atoms with E-state index in [9.17, 15) is 0 Å². The normalized spacial score (nSPS) is 12.6. The van der Waals surface area contributed by atoms with E-state index < -0.39 is 5.66 Å². The third kappa shape index (κ3) is 2.62. The molecule has 0 aromatic carbocycles. The van der Waals surface area contributed by atoms with Gasteiger partial charge in [-0.2, -0.15) is 0 Å². The molecular weight excluding hydrogens is 131 g/mol. The fourth-order valence-corrected chi connectivity index (χ4v) is 0.381. The van der Waals surface area contributed by atoms with Gasteiger partial charge in [0.25, 0.3) is 0 Å². The quantitative estimate of drug-likeness (QED) is 0.581. The molecule has 3 heteroatoms. The van der Waals surface area contributed by atoms with Crippen LogP contribution in [0.15, 0.2) is 0 Å². The van der Waals surface area contributed by atoms with Gasteiger partial charge in [-0.05, 0) is 18.8 Å². The van der Waals surface area contributed by atoms with Gasteiger partial charge in [0.05, 0.1) is 5.66 Å². The lowest BCUT2D eigenvalue weighted by atomic mass is 9.79. The first-order valence-corrected chi connectivity index (χ1v) is 3.39. The summed E-state index contributed by atoms with van der Waals surface area (Å²) in [6.45, 7) is 8.11. The van der Waals surface area contributed by atoms with Crippen LogP contribution in [0.25, 0.3) is 0 Å². The van der Waals surface area contributed by atoms with Gasteiger partial charge < -0.3 is 11.5 Å². The van der Waals surface area contributed by atoms with Gasteiger partial charge >= 0.3 is 0 Å². The Morgan fingerprint density at radius 3 is 1.40 bits per heavy atom. The molecule has 0 unspecified atom stereocenters. The Bertz CT molecular complexity index is 94.3. The predicted octanol–water partition coefficient (Wildman–Crippen LogP) is 1.21. The van der Waals surface area contributed by atoms with Crippen LogP contribution in [0.2, 0.25) is 0 Å². The molecule has 0 aromatic heterocycles. The molecule has 0 heterocycles. The zero-order chi connectivity index (χ0) is 7.71. The van der Waals surface area contributed by atoms with Crippen molar-refractivity contribution in [3.63, 3.8) is 0 Å². The largest absolute Gasteiger partial charge is 0.313 e. The summed E-state index contributed by atoms with van der Waals surface area (Å²) in [6, 6.07) is 0. The van der Waals surface area contributed by atoms with E-state index >= 15 is 0 Å². The average Bonchev–Trinajstić information content (AvgIpc) is 1.64. The minimum atomic E-state index is -0.554. The van der Waals surface area contributed by atoms with Crippen LogP contribution in [0.3, 0.4) is 0 Å². The Morgan fingerprint density at radius 2 is 1.40 bits per heavy atom. The zero-order valence-corrected chi connectivity index (χ0v) is 7.27. The van der Waals surface area contributed by atoms with E-state index in [2.05, 4.69) is 20.8 Å². The molecule has 0 amide bonds. The highest BCUT2D eigenvalue weighted by atomic mass is 19.0. The summed E-state index contributed by atoms with van der Waals surface area (Å²) in [5, 5.41) is 0. The van der Waals surface area contributed by atoms with Crippen molar-refractivity contribution in [1.29, 1.82) is 0 Å². The van der Waals surface area contributed by atoms with Crippen LogP contribution in [0.1, 0.15) is 34.1 Å². The van der Waals surface area contributed by atoms with E-state index in [-0.39, 0.29) is 10.1 Å². The van der Waals surface area contributed by atoms with E-state index in [1.807, 2.05) is 6.92 Å². The van der Waals surface area contributed by atoms with Crippen LogP contribution in [-0.4, -0.2) is 5.66 Å². The molecule has 0 aliphatic carbocycles. The summed E-state index contributed by atoms with van der Waals surface area (Å²) in [5.41, 5.74) is 10.9. The first-order valence-electron chi connectivity index (χ1n) is 3.39. The molecule has 0 saturated heterocycles. The molecule has 0 aliphatic rings. The Hall–Kier alpha value is -0.150. The van der Waals surface area contributed by atoms with Crippen LogP contribution >= 0.6 is 0 Å². The topological polar surface area (TPSA) is 52.0 Å². The first kappa shape index (κ1) is 12.5. The number of halogens is 1. The van der Waals surface area contributed by atoms with Crippen LogP contribution in [0, 0.1) is 5.41 Å². The Balaban J connectivity index is 0. The number of hydrogen-bond acceptors (Lipinski definition) is 2. The highest BCUT2D eigenvalue weighted by Gasteiger charge is 2.31. The SMILES string of the molecule is CCC(C)(C)C(C)(N)N.F. The molecule has 0 saturated carbocycles. The minimum absolute atomic E-state index is 0. The number of rotatable bonds is 2. The molecule has 0 atom stereocenters. The number of nitrogens with two attached hydrogens (primary N) is 2. The summed E-state index contributed by atoms with van der Waals surface area (Å²) in [6.07, 6.45) is 1.01. The highest BCUT2D eigenvalue weighted by molar-refractivity contribution is 4.87. The van der Waals surface area contributed by atoms with Crippen molar-refractivity contribution in [1.82, 2.24) is 0 Å². The van der Waals surface area contributed by atoms with Gasteiger partial charge in [-0.1, -0.05) is 20.8 Å². The lowest BCUT2D eigenvalue weighted by Crippen LogP contribution is -2.57. The second kappa shape index (κ2) is 3.30. The third-order valence-corrected chi connectivity index (χ3v) is 2.34. The van der Waals surface area contributed by atoms with Gasteiger partial charge in [-0.15, -0.1) is 0 Å². The second-order valence-electron chi connectivity index (χ2n) is 3.52. The van der Waals surface area contributed by atoms with Crippen molar-refractivity contribution >= 4 is 0 Å². The molecule has 0 aromatic rings. The molecule has 0 radical (unpaired) electrons. The molecule has 0 bridgehead atoms. The summed E-state index contributed by atoms with van der Waals surface area (Å²) >= 11 is 0. The van der Waals surface area contributed by atoms with Gasteiger partial charge in [0, 0.05) is 0 Å². The molecule has 0 rings (SSSR count). The van der Waals surface area contributed by atoms with Crippen LogP contribution < -0.4 is 11.5 Å². The average molecular weight is 150 g/mol. The van der Waals surface area contributed by atoms with Gasteiger partial charge in [0.2, 0.25) is 0 Å². The smallest absolute Gasteiger partial charge is 0.0659 e. The Kier molecular flexibility index (Phi) is 4.13. The lowest BCUT2D eigenvalue weighted by molar-refractivity contribution is 0.182. The second-order valence-corrected chi connectivity index (χ2v) is 3.52. The molecule has 0 fully saturated rings. The molecule has 0 aliphatic heterocycles. The highest BCUT2D eigenvalue weighted by Crippen LogP contribution is 2.27. The molecule has 64 valence electrons. The Labute approximate surface area is 62.3 Å². The van der Waals surface area contributed by atoms with Crippen LogP contribution in [0.5, 0.6) is 0 Å². The van der Waals surface area contributed by atoms with E-state index in [0.29, 0.717) is 0 Å². The van der Waals surface area contributed by atoms with Crippen molar-refractivity contribution in [2.75, 3.05) is 0 Å². The molecule has 2 nitrogen and oxygen atoms in total. The summed E-state index contributed by atoms with van der Waals surface area (Å²) < 4.78 is 0. The molecule has 4 N–H and O–H groups in total. The fourth-order valence-electron chi connectivity index (χ4n) is 0.381. The molecule has 10 heavy (non-hydrogen) atoms. The third-order valence-electron chi connectivity index (χ3n) is 2.34. The van der Waals surface area contributed by atoms with E-state index in [1.165, 1.54) is 0 Å². The van der Waals surface area contributed by atoms with Crippen molar-refractivity contribution in [2.45, 2.75) is 39.8 Å². The first-order chi connectivity index (χ1) is 3.81. The fraction of sp³-hybridized carbons (Fsp3) is 1.00. The molecular formula is C7H19FN2. The van der Waals surface area contributed by atoms with E-state index in [0.717, 1.165) is 6.42 Å². The van der Waals surface area contributed by atoms with Gasteiger partial charge in [-0.25, -0.2) is 0 Å². The minimum Gasteiger partial charge on any atom is -0.313 e. The summed E-state index contributed by atoms with van der Waals surface area (Å²) in [5.74, 6) is 0. The van der Waals surface area contributed by atoms with Crippen LogP contribution in [-0.2, 0) is 0 Å². The van der Waals surface area contributed by atoms with Gasteiger partial charge in [0.15, 0.2) is 0 Å². The van der Waals surface area contributed by atoms with Crippen LogP contribution in [0.4, 0.5) is 4.70 Å². The van der Waals surface area contributed by atoms with E-state index in [4.69, 9.17) is 11.5 Å². The van der Waals surface area contributed by atoms with Crippen molar-refractivity contribution < 1.29 is 4.70 Å². The predicted molar refractivity (Wildman–Crippen MR) is 43.4 cm³/mol. The van der Waals surface area contributed by atoms with Gasteiger partial charge in [0.1, 0.15) is 0 Å². The summed E-state index contributed by atoms with van der Waals surface area (Å²) in [4.78, 5) is 0. The zero-order valence-electron chi connectivity index (χ0n) is 7.27. The van der Waals surface area contributed by atoms with Gasteiger partial charge in [-0.3, -0.25) is 4.70 Å². The van der Waals surface area contributed by atoms with Crippen molar-refractivity contribution in [2.24, 2.45) is 16.9 Å². The van der Waals surface area contributed by atoms with Crippen molar-refractivity contribution in [3.8, 4) is 0 Å².